The minimum Gasteiger partial charge on any atom is -0.391 e. The van der Waals surface area contributed by atoms with Crippen LogP contribution in [0, 0.1) is 10.7 Å². The Kier molecular flexibility index (Phi) is 5.51. The van der Waals surface area contributed by atoms with Crippen LogP contribution >= 0.6 is 12.2 Å². The number of hydrogen-bond acceptors (Lipinski definition) is 3. The molecule has 2 atom stereocenters. The van der Waals surface area contributed by atoms with Crippen molar-refractivity contribution in [2.45, 2.75) is 26.4 Å². The third-order valence-corrected chi connectivity index (χ3v) is 4.10. The maximum atomic E-state index is 12.4. The van der Waals surface area contributed by atoms with Gasteiger partial charge in [0.2, 0.25) is 0 Å². The second-order valence-electron chi connectivity index (χ2n) is 5.31. The summed E-state index contributed by atoms with van der Waals surface area (Å²) in [6, 6.07) is 9.45. The van der Waals surface area contributed by atoms with E-state index < -0.39 is 6.10 Å². The van der Waals surface area contributed by atoms with Crippen LogP contribution in [-0.2, 0) is 0 Å². The SMILES string of the molecule is CC[C@@H](C)[C@@H](O)CNC(=O)c1c[nH]c(=S)n1-c1ccccc1. The predicted octanol–water partition coefficient (Wildman–Crippen LogP) is 2.67. The molecule has 0 aliphatic rings. The molecule has 0 saturated heterocycles. The number of benzene rings is 1. The van der Waals surface area contributed by atoms with Gasteiger partial charge in [0.25, 0.3) is 5.91 Å². The molecule has 0 aliphatic heterocycles. The number of nitrogens with one attached hydrogen (secondary N) is 2. The van der Waals surface area contributed by atoms with Crippen LogP contribution in [0.3, 0.4) is 0 Å². The summed E-state index contributed by atoms with van der Waals surface area (Å²) in [5, 5.41) is 12.7. The zero-order chi connectivity index (χ0) is 16.1. The molecular weight excluding hydrogens is 298 g/mol. The molecule has 0 radical (unpaired) electrons. The van der Waals surface area contributed by atoms with Crippen molar-refractivity contribution in [3.05, 3.63) is 47.0 Å². The highest BCUT2D eigenvalue weighted by Crippen LogP contribution is 2.13. The molecule has 118 valence electrons. The Morgan fingerprint density at radius 1 is 1.41 bits per heavy atom. The van der Waals surface area contributed by atoms with Crippen LogP contribution in [0.15, 0.2) is 36.5 Å². The summed E-state index contributed by atoms with van der Waals surface area (Å²) < 4.78 is 2.14. The topological polar surface area (TPSA) is 70.1 Å². The molecule has 3 N–H and O–H groups in total. The molecule has 5 nitrogen and oxygen atoms in total. The number of carbonyl (C=O) groups is 1. The molecule has 0 unspecified atom stereocenters. The van der Waals surface area contributed by atoms with Crippen molar-refractivity contribution in [1.29, 1.82) is 0 Å². The number of para-hydroxylation sites is 1. The van der Waals surface area contributed by atoms with E-state index in [0.717, 1.165) is 12.1 Å². The molecule has 22 heavy (non-hydrogen) atoms. The highest BCUT2D eigenvalue weighted by Gasteiger charge is 2.17. The summed E-state index contributed by atoms with van der Waals surface area (Å²) in [7, 11) is 0. The molecule has 0 bridgehead atoms. The van der Waals surface area contributed by atoms with E-state index in [9.17, 15) is 9.90 Å². The summed E-state index contributed by atoms with van der Waals surface area (Å²) in [4.78, 5) is 15.3. The standard InChI is InChI=1S/C16H21N3O2S/c1-3-11(2)14(20)10-17-15(21)13-9-18-16(22)19(13)12-7-5-4-6-8-12/h4-9,11,14,20H,3,10H2,1-2H3,(H,17,21)(H,18,22)/t11-,14+/m1/s1. The van der Waals surface area contributed by atoms with Gasteiger partial charge in [0, 0.05) is 18.4 Å². The first-order valence-corrected chi connectivity index (χ1v) is 7.77. The zero-order valence-corrected chi connectivity index (χ0v) is 13.6. The normalized spacial score (nSPS) is 13.6. The maximum Gasteiger partial charge on any atom is 0.269 e. The van der Waals surface area contributed by atoms with E-state index in [1.54, 1.807) is 10.8 Å². The Labute approximate surface area is 135 Å². The average molecular weight is 319 g/mol. The summed E-state index contributed by atoms with van der Waals surface area (Å²) in [6.07, 6.45) is 1.89. The minimum atomic E-state index is -0.555. The van der Waals surface area contributed by atoms with E-state index in [-0.39, 0.29) is 18.4 Å². The lowest BCUT2D eigenvalue weighted by Crippen LogP contribution is -2.36. The number of imidazole rings is 1. The van der Waals surface area contributed by atoms with Gasteiger partial charge in [-0.2, -0.15) is 0 Å². The molecule has 6 heteroatoms. The highest BCUT2D eigenvalue weighted by atomic mass is 32.1. The number of rotatable bonds is 6. The number of aromatic nitrogens is 2. The Bertz CT molecular complexity index is 678. The highest BCUT2D eigenvalue weighted by molar-refractivity contribution is 7.71. The van der Waals surface area contributed by atoms with Crippen molar-refractivity contribution >= 4 is 18.1 Å². The van der Waals surface area contributed by atoms with E-state index in [4.69, 9.17) is 12.2 Å². The zero-order valence-electron chi connectivity index (χ0n) is 12.7. The van der Waals surface area contributed by atoms with Gasteiger partial charge in [0.1, 0.15) is 5.69 Å². The molecule has 1 aromatic heterocycles. The van der Waals surface area contributed by atoms with E-state index in [1.165, 1.54) is 0 Å². The first-order chi connectivity index (χ1) is 10.5. The predicted molar refractivity (Wildman–Crippen MR) is 88.7 cm³/mol. The Morgan fingerprint density at radius 2 is 2.09 bits per heavy atom. The number of aliphatic hydroxyl groups is 1. The van der Waals surface area contributed by atoms with E-state index >= 15 is 0 Å². The van der Waals surface area contributed by atoms with Crippen molar-refractivity contribution in [3.63, 3.8) is 0 Å². The second-order valence-corrected chi connectivity index (χ2v) is 5.70. The van der Waals surface area contributed by atoms with Crippen molar-refractivity contribution in [1.82, 2.24) is 14.9 Å². The van der Waals surface area contributed by atoms with Crippen molar-refractivity contribution in [3.8, 4) is 5.69 Å². The van der Waals surface area contributed by atoms with Crippen LogP contribution in [0.4, 0.5) is 0 Å². The number of amides is 1. The van der Waals surface area contributed by atoms with Crippen LogP contribution in [0.1, 0.15) is 30.8 Å². The van der Waals surface area contributed by atoms with Gasteiger partial charge in [-0.15, -0.1) is 0 Å². The quantitative estimate of drug-likeness (QED) is 0.717. The molecule has 0 fully saturated rings. The lowest BCUT2D eigenvalue weighted by atomic mass is 10.0. The van der Waals surface area contributed by atoms with Gasteiger partial charge in [0.15, 0.2) is 4.77 Å². The van der Waals surface area contributed by atoms with Crippen LogP contribution in [-0.4, -0.2) is 33.2 Å². The number of nitrogens with zero attached hydrogens (tertiary/aromatic N) is 1. The Hall–Kier alpha value is -1.92. The Balaban J connectivity index is 2.17. The molecular formula is C16H21N3O2S. The van der Waals surface area contributed by atoms with Gasteiger partial charge in [-0.05, 0) is 30.3 Å². The van der Waals surface area contributed by atoms with Crippen LogP contribution in [0.2, 0.25) is 0 Å². The third kappa shape index (κ3) is 3.64. The lowest BCUT2D eigenvalue weighted by molar-refractivity contribution is 0.0844. The van der Waals surface area contributed by atoms with E-state index in [1.807, 2.05) is 44.2 Å². The lowest BCUT2D eigenvalue weighted by Gasteiger charge is -2.17. The fraction of sp³-hybridized carbons (Fsp3) is 0.375. The summed E-state index contributed by atoms with van der Waals surface area (Å²) in [6.45, 7) is 4.19. The molecule has 2 aromatic rings. The molecule has 0 saturated carbocycles. The molecule has 0 aliphatic carbocycles. The van der Waals surface area contributed by atoms with Crippen molar-refractivity contribution in [2.75, 3.05) is 6.54 Å². The monoisotopic (exact) mass is 319 g/mol. The average Bonchev–Trinajstić information content (AvgIpc) is 2.94. The van der Waals surface area contributed by atoms with Crippen LogP contribution < -0.4 is 5.32 Å². The Morgan fingerprint density at radius 3 is 2.73 bits per heavy atom. The van der Waals surface area contributed by atoms with Gasteiger partial charge in [-0.25, -0.2) is 0 Å². The number of H-pyrrole nitrogens is 1. The molecule has 0 spiro atoms. The van der Waals surface area contributed by atoms with E-state index in [2.05, 4.69) is 10.3 Å². The van der Waals surface area contributed by atoms with Gasteiger partial charge in [-0.3, -0.25) is 9.36 Å². The van der Waals surface area contributed by atoms with E-state index in [0.29, 0.717) is 10.5 Å². The van der Waals surface area contributed by atoms with Crippen LogP contribution in [0.25, 0.3) is 5.69 Å². The van der Waals surface area contributed by atoms with Gasteiger partial charge in [0.05, 0.1) is 6.10 Å². The molecule has 1 aromatic carbocycles. The smallest absolute Gasteiger partial charge is 0.269 e. The number of carbonyl (C=O) groups excluding carboxylic acids is 1. The fourth-order valence-electron chi connectivity index (χ4n) is 2.13. The summed E-state index contributed by atoms with van der Waals surface area (Å²) in [5.74, 6) is -0.124. The fourth-order valence-corrected chi connectivity index (χ4v) is 2.39. The molecule has 2 rings (SSSR count). The van der Waals surface area contributed by atoms with Crippen molar-refractivity contribution < 1.29 is 9.90 Å². The minimum absolute atomic E-state index is 0.141. The molecule has 1 heterocycles. The van der Waals surface area contributed by atoms with Crippen LogP contribution in [0.5, 0.6) is 0 Å². The maximum absolute atomic E-state index is 12.4. The summed E-state index contributed by atoms with van der Waals surface area (Å²) >= 11 is 5.25. The van der Waals surface area contributed by atoms with Crippen molar-refractivity contribution in [2.24, 2.45) is 5.92 Å². The summed E-state index contributed by atoms with van der Waals surface area (Å²) in [5.41, 5.74) is 1.24. The van der Waals surface area contributed by atoms with Gasteiger partial charge in [-0.1, -0.05) is 38.5 Å². The number of aliphatic hydroxyl groups excluding tert-OH is 1. The first kappa shape index (κ1) is 16.5. The molecule has 1 amide bonds. The third-order valence-electron chi connectivity index (χ3n) is 3.80. The largest absolute Gasteiger partial charge is 0.391 e. The first-order valence-electron chi connectivity index (χ1n) is 7.36. The number of hydrogen-bond donors (Lipinski definition) is 3. The van der Waals surface area contributed by atoms with Gasteiger partial charge >= 0.3 is 0 Å². The second kappa shape index (κ2) is 7.38. The number of aromatic amines is 1. The van der Waals surface area contributed by atoms with Gasteiger partial charge < -0.3 is 15.4 Å².